The molecule has 0 unspecified atom stereocenters. The summed E-state index contributed by atoms with van der Waals surface area (Å²) in [5.74, 6) is 1.90. The Morgan fingerprint density at radius 2 is 0.774 bits per heavy atom. The lowest BCUT2D eigenvalue weighted by Crippen LogP contribution is -2.15. The van der Waals surface area contributed by atoms with Gasteiger partial charge in [-0.15, -0.1) is 0 Å². The first-order valence-corrected chi connectivity index (χ1v) is 17.8. The Hall–Kier alpha value is -6.96. The number of nitriles is 1. The number of hydrogen-bond donors (Lipinski definition) is 0. The lowest BCUT2D eigenvalue weighted by atomic mass is 9.81. The van der Waals surface area contributed by atoms with E-state index in [0.717, 1.165) is 38.9 Å². The van der Waals surface area contributed by atoms with E-state index in [0.29, 0.717) is 23.0 Å². The highest BCUT2D eigenvalue weighted by Crippen LogP contribution is 2.50. The minimum absolute atomic E-state index is 0.186. The van der Waals surface area contributed by atoms with Gasteiger partial charge in [-0.05, 0) is 79.9 Å². The second-order valence-corrected chi connectivity index (χ2v) is 14.0. The number of hydrogen-bond acceptors (Lipinski definition) is 4. The van der Waals surface area contributed by atoms with Gasteiger partial charge in [0.1, 0.15) is 0 Å². The van der Waals surface area contributed by atoms with Crippen LogP contribution < -0.4 is 0 Å². The molecule has 0 aliphatic heterocycles. The quantitative estimate of drug-likeness (QED) is 0.176. The maximum absolute atomic E-state index is 9.51. The van der Waals surface area contributed by atoms with E-state index in [1.54, 1.807) is 0 Å². The fraction of sp³-hybridized carbons (Fsp3) is 0.0612. The summed E-state index contributed by atoms with van der Waals surface area (Å²) in [5, 5.41) is 9.51. The zero-order chi connectivity index (χ0) is 35.9. The minimum Gasteiger partial charge on any atom is -0.208 e. The van der Waals surface area contributed by atoms with Crippen LogP contribution in [0.25, 0.3) is 78.7 Å². The van der Waals surface area contributed by atoms with Gasteiger partial charge in [0.2, 0.25) is 0 Å². The molecule has 0 fully saturated rings. The summed E-state index contributed by atoms with van der Waals surface area (Å²) >= 11 is 0. The van der Waals surface area contributed by atoms with E-state index >= 15 is 0 Å². The monoisotopic (exact) mass is 678 g/mol. The van der Waals surface area contributed by atoms with Crippen molar-refractivity contribution in [2.45, 2.75) is 19.3 Å². The summed E-state index contributed by atoms with van der Waals surface area (Å²) in [6.07, 6.45) is 0. The molecule has 1 heterocycles. The van der Waals surface area contributed by atoms with Crippen LogP contribution >= 0.6 is 0 Å². The zero-order valence-corrected chi connectivity index (χ0v) is 29.5. The van der Waals surface area contributed by atoms with Gasteiger partial charge in [0, 0.05) is 22.1 Å². The van der Waals surface area contributed by atoms with Crippen LogP contribution in [0.3, 0.4) is 0 Å². The molecule has 0 atom stereocenters. The number of fused-ring (bicyclic) bond motifs is 3. The summed E-state index contributed by atoms with van der Waals surface area (Å²) in [6.45, 7) is 4.50. The molecule has 0 N–H and O–H groups in total. The Labute approximate surface area is 309 Å². The van der Waals surface area contributed by atoms with Crippen molar-refractivity contribution in [2.24, 2.45) is 0 Å². The van der Waals surface area contributed by atoms with Crippen molar-refractivity contribution in [2.75, 3.05) is 0 Å². The highest BCUT2D eigenvalue weighted by molar-refractivity contribution is 5.84. The molecule has 0 bridgehead atoms. The van der Waals surface area contributed by atoms with E-state index in [4.69, 9.17) is 15.0 Å². The molecule has 0 spiro atoms. The average Bonchev–Trinajstić information content (AvgIpc) is 3.46. The predicted molar refractivity (Wildman–Crippen MR) is 215 cm³/mol. The minimum atomic E-state index is -0.186. The maximum Gasteiger partial charge on any atom is 0.164 e. The van der Waals surface area contributed by atoms with Gasteiger partial charge in [0.15, 0.2) is 17.5 Å². The fourth-order valence-corrected chi connectivity index (χ4v) is 7.47. The summed E-state index contributed by atoms with van der Waals surface area (Å²) in [5.41, 5.74) is 15.1. The van der Waals surface area contributed by atoms with Crippen molar-refractivity contribution in [3.8, 4) is 84.7 Å². The van der Waals surface area contributed by atoms with E-state index in [1.807, 2.05) is 48.5 Å². The SMILES string of the molecule is CC1(C)c2cc(C#N)ccc2-c2ccc(-c3ccc(-c4cccc(-c5nc(-c6ccccc6)nc(-c6ccc(-c7ccccc7)cc6)n5)c4)cc3)cc21. The summed E-state index contributed by atoms with van der Waals surface area (Å²) < 4.78 is 0. The van der Waals surface area contributed by atoms with Crippen molar-refractivity contribution >= 4 is 0 Å². The molecule has 8 aromatic rings. The first-order chi connectivity index (χ1) is 25.9. The normalized spacial score (nSPS) is 12.5. The fourth-order valence-electron chi connectivity index (χ4n) is 7.47. The van der Waals surface area contributed by atoms with Crippen LogP contribution in [-0.4, -0.2) is 15.0 Å². The third kappa shape index (κ3) is 5.89. The summed E-state index contributed by atoms with van der Waals surface area (Å²) in [6, 6.07) is 61.1. The predicted octanol–water partition coefficient (Wildman–Crippen LogP) is 12.1. The van der Waals surface area contributed by atoms with Crippen LogP contribution in [0.5, 0.6) is 0 Å². The topological polar surface area (TPSA) is 62.5 Å². The molecular formula is C49H34N4. The molecule has 7 aromatic carbocycles. The maximum atomic E-state index is 9.51. The molecule has 1 aromatic heterocycles. The Morgan fingerprint density at radius 1 is 0.377 bits per heavy atom. The molecule has 0 saturated heterocycles. The van der Waals surface area contributed by atoms with E-state index < -0.39 is 0 Å². The molecule has 0 saturated carbocycles. The van der Waals surface area contributed by atoms with Gasteiger partial charge in [0.05, 0.1) is 11.6 Å². The second-order valence-electron chi connectivity index (χ2n) is 14.0. The molecular weight excluding hydrogens is 645 g/mol. The van der Waals surface area contributed by atoms with Gasteiger partial charge in [-0.3, -0.25) is 0 Å². The zero-order valence-electron chi connectivity index (χ0n) is 29.5. The smallest absolute Gasteiger partial charge is 0.164 e. The second kappa shape index (κ2) is 13.0. The van der Waals surface area contributed by atoms with Gasteiger partial charge < -0.3 is 0 Å². The highest BCUT2D eigenvalue weighted by Gasteiger charge is 2.35. The first kappa shape index (κ1) is 32.0. The molecule has 1 aliphatic rings. The van der Waals surface area contributed by atoms with Gasteiger partial charge >= 0.3 is 0 Å². The van der Waals surface area contributed by atoms with E-state index in [9.17, 15) is 5.26 Å². The molecule has 0 radical (unpaired) electrons. The Morgan fingerprint density at radius 3 is 1.38 bits per heavy atom. The Kier molecular flexibility index (Phi) is 7.83. The molecule has 0 amide bonds. The molecule has 9 rings (SSSR count). The van der Waals surface area contributed by atoms with E-state index in [1.165, 1.54) is 33.4 Å². The standard InChI is InChI=1S/C49H34N4/c1-49(2)44-28-32(31-50)16-26-42(44)43-27-25-40(30-45(43)49)36-19-17-35(18-20-36)39-14-9-15-41(29-39)48-52-46(37-12-7-4-8-13-37)51-47(53-48)38-23-21-34(22-24-38)33-10-5-3-6-11-33/h3-30H,1-2H3. The van der Waals surface area contributed by atoms with Gasteiger partial charge in [-0.1, -0.05) is 159 Å². The van der Waals surface area contributed by atoms with Gasteiger partial charge in [-0.2, -0.15) is 5.26 Å². The number of benzene rings is 7. The summed E-state index contributed by atoms with van der Waals surface area (Å²) in [4.78, 5) is 14.9. The highest BCUT2D eigenvalue weighted by atomic mass is 15.0. The van der Waals surface area contributed by atoms with Crippen LogP contribution in [-0.2, 0) is 5.41 Å². The lowest BCUT2D eigenvalue weighted by molar-refractivity contribution is 0.660. The number of rotatable bonds is 6. The van der Waals surface area contributed by atoms with Crippen LogP contribution in [0, 0.1) is 11.3 Å². The van der Waals surface area contributed by atoms with Gasteiger partial charge in [-0.25, -0.2) is 15.0 Å². The van der Waals surface area contributed by atoms with Crippen LogP contribution in [0.2, 0.25) is 0 Å². The number of aromatic nitrogens is 3. The molecule has 250 valence electrons. The van der Waals surface area contributed by atoms with Crippen molar-refractivity contribution < 1.29 is 0 Å². The van der Waals surface area contributed by atoms with E-state index in [-0.39, 0.29) is 5.41 Å². The number of nitrogens with zero attached hydrogens (tertiary/aromatic N) is 4. The third-order valence-corrected chi connectivity index (χ3v) is 10.4. The van der Waals surface area contributed by atoms with Crippen molar-refractivity contribution in [1.82, 2.24) is 15.0 Å². The summed E-state index contributed by atoms with van der Waals surface area (Å²) in [7, 11) is 0. The third-order valence-electron chi connectivity index (χ3n) is 10.4. The van der Waals surface area contributed by atoms with Crippen LogP contribution in [0.15, 0.2) is 170 Å². The molecule has 4 heteroatoms. The van der Waals surface area contributed by atoms with Crippen molar-refractivity contribution in [3.05, 3.63) is 187 Å². The first-order valence-electron chi connectivity index (χ1n) is 17.8. The van der Waals surface area contributed by atoms with Crippen molar-refractivity contribution in [3.63, 3.8) is 0 Å². The molecule has 1 aliphatic carbocycles. The Balaban J connectivity index is 1.04. The Bertz CT molecular complexity index is 2670. The van der Waals surface area contributed by atoms with Crippen molar-refractivity contribution in [1.29, 1.82) is 5.26 Å². The molecule has 53 heavy (non-hydrogen) atoms. The van der Waals surface area contributed by atoms with E-state index in [2.05, 4.69) is 141 Å². The van der Waals surface area contributed by atoms with Crippen LogP contribution in [0.1, 0.15) is 30.5 Å². The lowest BCUT2D eigenvalue weighted by Gasteiger charge is -2.22. The van der Waals surface area contributed by atoms with Gasteiger partial charge in [0.25, 0.3) is 0 Å². The van der Waals surface area contributed by atoms with Crippen LogP contribution in [0.4, 0.5) is 0 Å². The largest absolute Gasteiger partial charge is 0.208 e. The molecule has 4 nitrogen and oxygen atoms in total. The average molecular weight is 679 g/mol.